The van der Waals surface area contributed by atoms with Gasteiger partial charge in [-0.3, -0.25) is 0 Å². The fraction of sp³-hybridized carbons (Fsp3) is 0.500. The Hall–Kier alpha value is -0.980. The van der Waals surface area contributed by atoms with Gasteiger partial charge in [0.15, 0.2) is 0 Å². The van der Waals surface area contributed by atoms with Crippen molar-refractivity contribution in [3.8, 4) is 5.75 Å². The second-order valence-corrected chi connectivity index (χ2v) is 4.21. The number of benzene rings is 1. The molecule has 0 spiro atoms. The summed E-state index contributed by atoms with van der Waals surface area (Å²) in [6.45, 7) is 0. The molecule has 0 unspecified atom stereocenters. The summed E-state index contributed by atoms with van der Waals surface area (Å²) in [6.07, 6.45) is 6.99. The first-order chi connectivity index (χ1) is 6.36. The Balaban J connectivity index is 2.26. The van der Waals surface area contributed by atoms with E-state index in [1.165, 1.54) is 47.9 Å². The second-order valence-electron chi connectivity index (χ2n) is 4.21. The van der Waals surface area contributed by atoms with E-state index in [-0.39, 0.29) is 0 Å². The second kappa shape index (κ2) is 2.50. The average Bonchev–Trinajstić information content (AvgIpc) is 2.71. The maximum absolute atomic E-state index is 10.0. The van der Waals surface area contributed by atoms with Crippen LogP contribution in [0.2, 0.25) is 0 Å². The molecule has 0 aliphatic heterocycles. The van der Waals surface area contributed by atoms with Crippen molar-refractivity contribution in [2.45, 2.75) is 38.5 Å². The van der Waals surface area contributed by atoms with Crippen LogP contribution in [0.15, 0.2) is 6.07 Å². The Kier molecular flexibility index (Phi) is 1.43. The van der Waals surface area contributed by atoms with Crippen LogP contribution in [0.3, 0.4) is 0 Å². The van der Waals surface area contributed by atoms with Crippen molar-refractivity contribution in [3.05, 3.63) is 28.3 Å². The van der Waals surface area contributed by atoms with Crippen LogP contribution in [0, 0.1) is 0 Å². The Bertz CT molecular complexity index is 334. The van der Waals surface area contributed by atoms with Gasteiger partial charge in [0.1, 0.15) is 5.75 Å². The lowest BCUT2D eigenvalue weighted by Crippen LogP contribution is -1.91. The molecule has 3 rings (SSSR count). The maximum atomic E-state index is 10.0. The van der Waals surface area contributed by atoms with E-state index in [0.29, 0.717) is 5.75 Å². The van der Waals surface area contributed by atoms with E-state index >= 15 is 0 Å². The van der Waals surface area contributed by atoms with Gasteiger partial charge in [0.25, 0.3) is 0 Å². The zero-order valence-corrected chi connectivity index (χ0v) is 7.77. The summed E-state index contributed by atoms with van der Waals surface area (Å²) in [7, 11) is 0. The molecule has 0 amide bonds. The molecule has 1 aromatic rings. The summed E-state index contributed by atoms with van der Waals surface area (Å²) in [5, 5.41) is 10.0. The van der Waals surface area contributed by atoms with E-state index in [0.717, 1.165) is 12.8 Å². The van der Waals surface area contributed by atoms with Crippen LogP contribution in [0.5, 0.6) is 5.75 Å². The van der Waals surface area contributed by atoms with Crippen molar-refractivity contribution in [2.75, 3.05) is 0 Å². The fourth-order valence-electron chi connectivity index (χ4n) is 2.79. The van der Waals surface area contributed by atoms with Crippen LogP contribution >= 0.6 is 0 Å². The van der Waals surface area contributed by atoms with E-state index in [1.54, 1.807) is 0 Å². The van der Waals surface area contributed by atoms with Gasteiger partial charge in [-0.2, -0.15) is 0 Å². The van der Waals surface area contributed by atoms with Crippen molar-refractivity contribution in [2.24, 2.45) is 0 Å². The summed E-state index contributed by atoms with van der Waals surface area (Å²) in [4.78, 5) is 0. The molecule has 1 aromatic carbocycles. The quantitative estimate of drug-likeness (QED) is 0.640. The largest absolute Gasteiger partial charge is 0.507 e. The van der Waals surface area contributed by atoms with E-state index < -0.39 is 0 Å². The highest BCUT2D eigenvalue weighted by Gasteiger charge is 2.23. The minimum Gasteiger partial charge on any atom is -0.507 e. The molecule has 0 saturated heterocycles. The van der Waals surface area contributed by atoms with Gasteiger partial charge in [-0.15, -0.1) is 0 Å². The number of fused-ring (bicyclic) bond motifs is 2. The van der Waals surface area contributed by atoms with Gasteiger partial charge in [-0.1, -0.05) is 6.07 Å². The Labute approximate surface area is 78.4 Å². The molecule has 0 radical (unpaired) electrons. The molecule has 68 valence electrons. The van der Waals surface area contributed by atoms with Gasteiger partial charge in [0, 0.05) is 0 Å². The minimum atomic E-state index is 0.641. The number of hydrogen-bond donors (Lipinski definition) is 1. The summed E-state index contributed by atoms with van der Waals surface area (Å²) in [5.41, 5.74) is 5.33. The zero-order valence-electron chi connectivity index (χ0n) is 7.77. The molecular formula is C12H14O. The van der Waals surface area contributed by atoms with E-state index in [9.17, 15) is 5.11 Å². The van der Waals surface area contributed by atoms with Crippen molar-refractivity contribution in [1.29, 1.82) is 0 Å². The highest BCUT2D eigenvalue weighted by Crippen LogP contribution is 2.38. The minimum absolute atomic E-state index is 0.641. The molecule has 1 nitrogen and oxygen atoms in total. The lowest BCUT2D eigenvalue weighted by atomic mass is 10.0. The topological polar surface area (TPSA) is 20.2 Å². The number of hydrogen-bond acceptors (Lipinski definition) is 1. The van der Waals surface area contributed by atoms with Gasteiger partial charge in [-0.05, 0) is 60.8 Å². The molecule has 1 heteroatoms. The van der Waals surface area contributed by atoms with Crippen LogP contribution in [0.4, 0.5) is 0 Å². The van der Waals surface area contributed by atoms with Crippen molar-refractivity contribution in [1.82, 2.24) is 0 Å². The van der Waals surface area contributed by atoms with Crippen molar-refractivity contribution in [3.63, 3.8) is 0 Å². The van der Waals surface area contributed by atoms with Gasteiger partial charge in [0.2, 0.25) is 0 Å². The number of phenols is 1. The van der Waals surface area contributed by atoms with Gasteiger partial charge >= 0.3 is 0 Å². The lowest BCUT2D eigenvalue weighted by Gasteiger charge is -2.08. The third-order valence-electron chi connectivity index (χ3n) is 3.44. The summed E-state index contributed by atoms with van der Waals surface area (Å²) in [5.74, 6) is 0.641. The predicted molar refractivity (Wildman–Crippen MR) is 52.2 cm³/mol. The van der Waals surface area contributed by atoms with Crippen LogP contribution in [0.1, 0.15) is 35.1 Å². The van der Waals surface area contributed by atoms with Crippen molar-refractivity contribution >= 4 is 0 Å². The van der Waals surface area contributed by atoms with Crippen LogP contribution in [-0.2, 0) is 25.7 Å². The molecule has 0 heterocycles. The number of aromatic hydroxyl groups is 1. The van der Waals surface area contributed by atoms with Crippen LogP contribution in [0.25, 0.3) is 0 Å². The normalized spacial score (nSPS) is 18.8. The van der Waals surface area contributed by atoms with Gasteiger partial charge < -0.3 is 5.11 Å². The number of aryl methyl sites for hydroxylation is 2. The molecule has 2 aliphatic carbocycles. The highest BCUT2D eigenvalue weighted by molar-refractivity contribution is 5.53. The summed E-state index contributed by atoms with van der Waals surface area (Å²) in [6, 6.07) is 2.34. The van der Waals surface area contributed by atoms with Gasteiger partial charge in [0.05, 0.1) is 0 Å². The molecule has 13 heavy (non-hydrogen) atoms. The third kappa shape index (κ3) is 0.932. The first-order valence-electron chi connectivity index (χ1n) is 5.22. The molecular weight excluding hydrogens is 160 g/mol. The van der Waals surface area contributed by atoms with Gasteiger partial charge in [-0.25, -0.2) is 0 Å². The smallest absolute Gasteiger partial charge is 0.122 e. The van der Waals surface area contributed by atoms with Crippen molar-refractivity contribution < 1.29 is 5.11 Å². The van der Waals surface area contributed by atoms with Crippen LogP contribution in [-0.4, -0.2) is 5.11 Å². The maximum Gasteiger partial charge on any atom is 0.122 e. The van der Waals surface area contributed by atoms with E-state index in [1.807, 2.05) is 0 Å². The summed E-state index contributed by atoms with van der Waals surface area (Å²) >= 11 is 0. The molecule has 0 atom stereocenters. The standard InChI is InChI=1S/C12H14O/c13-12-10-5-1-3-8(10)7-9-4-2-6-11(9)12/h7,13H,1-6H2. The SMILES string of the molecule is Oc1c2c(cc3c1CCC3)CCC2. The lowest BCUT2D eigenvalue weighted by molar-refractivity contribution is 0.463. The molecule has 0 aromatic heterocycles. The Morgan fingerprint density at radius 1 is 0.846 bits per heavy atom. The summed E-state index contributed by atoms with van der Waals surface area (Å²) < 4.78 is 0. The molecule has 0 fully saturated rings. The monoisotopic (exact) mass is 174 g/mol. The first kappa shape index (κ1) is 7.43. The molecule has 2 aliphatic rings. The fourth-order valence-corrected chi connectivity index (χ4v) is 2.79. The molecule has 1 N–H and O–H groups in total. The first-order valence-corrected chi connectivity index (χ1v) is 5.22. The predicted octanol–water partition coefficient (Wildman–Crippen LogP) is 2.37. The highest BCUT2D eigenvalue weighted by atomic mass is 16.3. The van der Waals surface area contributed by atoms with E-state index in [2.05, 4.69) is 6.07 Å². The Morgan fingerprint density at radius 3 is 1.92 bits per heavy atom. The molecule has 0 bridgehead atoms. The van der Waals surface area contributed by atoms with E-state index in [4.69, 9.17) is 0 Å². The Morgan fingerprint density at radius 2 is 1.38 bits per heavy atom. The van der Waals surface area contributed by atoms with Crippen LogP contribution < -0.4 is 0 Å². The number of phenolic OH excluding ortho intramolecular Hbond substituents is 1. The average molecular weight is 174 g/mol. The zero-order chi connectivity index (χ0) is 8.84. The molecule has 0 saturated carbocycles. The number of rotatable bonds is 0. The third-order valence-corrected chi connectivity index (χ3v) is 3.44.